The number of nitrogens with one attached hydrogen (secondary N) is 1. The Hall–Kier alpha value is -2.49. The number of ether oxygens (including phenoxy) is 1. The molecule has 0 aliphatic heterocycles. The van der Waals surface area contributed by atoms with Crippen LogP contribution in [0.4, 0.5) is 5.69 Å². The number of rotatable bonds is 5. The average molecular weight is 256 g/mol. The smallest absolute Gasteiger partial charge is 0.161 e. The molecule has 0 aromatic heterocycles. The van der Waals surface area contributed by atoms with Crippen LogP contribution in [0.2, 0.25) is 0 Å². The highest BCUT2D eigenvalue weighted by Gasteiger charge is 2.01. The summed E-state index contributed by atoms with van der Waals surface area (Å²) in [6.07, 6.45) is 1.68. The Bertz CT molecular complexity index is 553. The van der Waals surface area contributed by atoms with E-state index in [0.29, 0.717) is 12.4 Å². The molecule has 0 saturated carbocycles. The molecule has 0 atom stereocenters. The van der Waals surface area contributed by atoms with Crippen LogP contribution in [0, 0.1) is 0 Å². The van der Waals surface area contributed by atoms with Crippen molar-refractivity contribution in [3.05, 3.63) is 54.1 Å². The minimum Gasteiger partial charge on any atom is -0.504 e. The third-order valence-electron chi connectivity index (χ3n) is 2.46. The number of hydrogen-bond donors (Lipinski definition) is 2. The molecule has 0 unspecified atom stereocenters. The highest BCUT2D eigenvalue weighted by atomic mass is 16.5. The Balaban J connectivity index is 2.04. The van der Waals surface area contributed by atoms with Crippen LogP contribution in [-0.4, -0.2) is 17.9 Å². The summed E-state index contributed by atoms with van der Waals surface area (Å²) < 4.78 is 5.31. The van der Waals surface area contributed by atoms with Crippen molar-refractivity contribution in [2.75, 3.05) is 12.0 Å². The van der Waals surface area contributed by atoms with Crippen LogP contribution in [0.15, 0.2) is 53.6 Å². The third-order valence-corrected chi connectivity index (χ3v) is 2.46. The fourth-order valence-corrected chi connectivity index (χ4v) is 1.58. The van der Waals surface area contributed by atoms with Crippen LogP contribution < -0.4 is 10.2 Å². The first-order chi connectivity index (χ1) is 9.29. The van der Waals surface area contributed by atoms with Gasteiger partial charge in [-0.25, -0.2) is 0 Å². The van der Waals surface area contributed by atoms with Crippen molar-refractivity contribution in [3.8, 4) is 11.5 Å². The van der Waals surface area contributed by atoms with Crippen molar-refractivity contribution in [2.45, 2.75) is 6.92 Å². The molecular weight excluding hydrogens is 240 g/mol. The van der Waals surface area contributed by atoms with Crippen molar-refractivity contribution in [2.24, 2.45) is 5.10 Å². The molecule has 19 heavy (non-hydrogen) atoms. The Morgan fingerprint density at radius 1 is 1.21 bits per heavy atom. The van der Waals surface area contributed by atoms with Gasteiger partial charge in [0.25, 0.3) is 0 Å². The summed E-state index contributed by atoms with van der Waals surface area (Å²) in [7, 11) is 0. The molecule has 0 radical (unpaired) electrons. The number of nitrogens with zero attached hydrogens (tertiary/aromatic N) is 1. The molecule has 2 rings (SSSR count). The van der Waals surface area contributed by atoms with Gasteiger partial charge in [-0.1, -0.05) is 18.2 Å². The predicted molar refractivity (Wildman–Crippen MR) is 76.9 cm³/mol. The maximum atomic E-state index is 9.58. The highest BCUT2D eigenvalue weighted by Crippen LogP contribution is 2.26. The van der Waals surface area contributed by atoms with Crippen molar-refractivity contribution in [1.82, 2.24) is 0 Å². The molecule has 2 aromatic rings. The van der Waals surface area contributed by atoms with Crippen LogP contribution in [0.1, 0.15) is 12.5 Å². The molecule has 0 heterocycles. The number of anilines is 1. The van der Waals surface area contributed by atoms with Crippen molar-refractivity contribution in [1.29, 1.82) is 0 Å². The first-order valence-corrected chi connectivity index (χ1v) is 6.09. The van der Waals surface area contributed by atoms with E-state index < -0.39 is 0 Å². The Morgan fingerprint density at radius 3 is 2.74 bits per heavy atom. The van der Waals surface area contributed by atoms with Gasteiger partial charge in [-0.15, -0.1) is 0 Å². The highest BCUT2D eigenvalue weighted by molar-refractivity contribution is 5.81. The molecular formula is C15H16N2O2. The fourth-order valence-electron chi connectivity index (χ4n) is 1.58. The zero-order chi connectivity index (χ0) is 13.5. The maximum absolute atomic E-state index is 9.58. The van der Waals surface area contributed by atoms with E-state index in [1.54, 1.807) is 24.4 Å². The molecule has 2 aromatic carbocycles. The topological polar surface area (TPSA) is 53.8 Å². The van der Waals surface area contributed by atoms with Gasteiger partial charge < -0.3 is 9.84 Å². The number of hydrogen-bond acceptors (Lipinski definition) is 4. The third kappa shape index (κ3) is 3.74. The largest absolute Gasteiger partial charge is 0.504 e. The summed E-state index contributed by atoms with van der Waals surface area (Å²) in [5, 5.41) is 13.7. The van der Waals surface area contributed by atoms with E-state index >= 15 is 0 Å². The summed E-state index contributed by atoms with van der Waals surface area (Å²) in [6, 6.07) is 14.8. The Kier molecular flexibility index (Phi) is 4.39. The summed E-state index contributed by atoms with van der Waals surface area (Å²) in [4.78, 5) is 0. The van der Waals surface area contributed by atoms with E-state index in [0.717, 1.165) is 11.3 Å². The lowest BCUT2D eigenvalue weighted by molar-refractivity contribution is 0.318. The number of aromatic hydroxyl groups is 1. The van der Waals surface area contributed by atoms with Gasteiger partial charge in [0.2, 0.25) is 0 Å². The summed E-state index contributed by atoms with van der Waals surface area (Å²) in [5.74, 6) is 0.598. The maximum Gasteiger partial charge on any atom is 0.161 e. The lowest BCUT2D eigenvalue weighted by Gasteiger charge is -2.06. The molecule has 0 fully saturated rings. The van der Waals surface area contributed by atoms with E-state index in [9.17, 15) is 5.11 Å². The second-order valence-electron chi connectivity index (χ2n) is 3.90. The zero-order valence-corrected chi connectivity index (χ0v) is 10.7. The van der Waals surface area contributed by atoms with Crippen molar-refractivity contribution in [3.63, 3.8) is 0 Å². The number of hydrazone groups is 1. The molecule has 0 aliphatic rings. The van der Waals surface area contributed by atoms with Crippen molar-refractivity contribution < 1.29 is 9.84 Å². The Morgan fingerprint density at radius 2 is 2.00 bits per heavy atom. The summed E-state index contributed by atoms with van der Waals surface area (Å²) in [6.45, 7) is 2.38. The van der Waals surface area contributed by atoms with E-state index in [1.807, 2.05) is 37.3 Å². The molecule has 0 amide bonds. The van der Waals surface area contributed by atoms with Gasteiger partial charge in [-0.3, -0.25) is 5.43 Å². The normalized spacial score (nSPS) is 10.6. The number of benzene rings is 2. The van der Waals surface area contributed by atoms with Crippen molar-refractivity contribution >= 4 is 11.9 Å². The van der Waals surface area contributed by atoms with Crippen LogP contribution in [0.25, 0.3) is 0 Å². The quantitative estimate of drug-likeness (QED) is 0.638. The zero-order valence-electron chi connectivity index (χ0n) is 10.7. The molecule has 4 heteroatoms. The van der Waals surface area contributed by atoms with Gasteiger partial charge in [-0.05, 0) is 42.8 Å². The Labute approximate surface area is 112 Å². The van der Waals surface area contributed by atoms with E-state index in [4.69, 9.17) is 4.74 Å². The molecule has 0 saturated heterocycles. The van der Waals surface area contributed by atoms with Gasteiger partial charge in [0.1, 0.15) is 0 Å². The van der Waals surface area contributed by atoms with Gasteiger partial charge in [0.15, 0.2) is 11.5 Å². The van der Waals surface area contributed by atoms with Crippen LogP contribution >= 0.6 is 0 Å². The molecule has 4 nitrogen and oxygen atoms in total. The first kappa shape index (κ1) is 13.0. The number of para-hydroxylation sites is 1. The van der Waals surface area contributed by atoms with Gasteiger partial charge in [-0.2, -0.15) is 5.10 Å². The SMILES string of the molecule is CCOc1cc(/C=N/Nc2ccccc2)ccc1O. The number of phenolic OH excluding ortho intramolecular Hbond substituents is 1. The minimum atomic E-state index is 0.134. The predicted octanol–water partition coefficient (Wildman–Crippen LogP) is 3.24. The first-order valence-electron chi connectivity index (χ1n) is 6.09. The summed E-state index contributed by atoms with van der Waals surface area (Å²) in [5.41, 5.74) is 4.70. The second kappa shape index (κ2) is 6.44. The molecule has 98 valence electrons. The van der Waals surface area contributed by atoms with Gasteiger partial charge >= 0.3 is 0 Å². The lowest BCUT2D eigenvalue weighted by atomic mass is 10.2. The van der Waals surface area contributed by atoms with Crippen LogP contribution in [0.5, 0.6) is 11.5 Å². The molecule has 0 spiro atoms. The average Bonchev–Trinajstić information content (AvgIpc) is 2.44. The van der Waals surface area contributed by atoms with E-state index in [2.05, 4.69) is 10.5 Å². The number of phenols is 1. The second-order valence-corrected chi connectivity index (χ2v) is 3.90. The lowest BCUT2D eigenvalue weighted by Crippen LogP contribution is -1.94. The minimum absolute atomic E-state index is 0.134. The van der Waals surface area contributed by atoms with Gasteiger partial charge in [0, 0.05) is 0 Å². The molecule has 2 N–H and O–H groups in total. The standard InChI is InChI=1S/C15H16N2O2/c1-2-19-15-10-12(8-9-14(15)18)11-16-17-13-6-4-3-5-7-13/h3-11,17-18H,2H2,1H3/b16-11+. The van der Waals surface area contributed by atoms with E-state index in [1.165, 1.54) is 0 Å². The van der Waals surface area contributed by atoms with Crippen LogP contribution in [-0.2, 0) is 0 Å². The fraction of sp³-hybridized carbons (Fsp3) is 0.133. The van der Waals surface area contributed by atoms with E-state index in [-0.39, 0.29) is 5.75 Å². The molecule has 0 aliphatic carbocycles. The van der Waals surface area contributed by atoms with Gasteiger partial charge in [0.05, 0.1) is 18.5 Å². The molecule has 0 bridgehead atoms. The van der Waals surface area contributed by atoms with Crippen LogP contribution in [0.3, 0.4) is 0 Å². The monoisotopic (exact) mass is 256 g/mol. The summed E-state index contributed by atoms with van der Waals surface area (Å²) >= 11 is 0.